The molecule has 3 aromatic rings. The van der Waals surface area contributed by atoms with E-state index in [1.54, 1.807) is 13.4 Å². The Bertz CT molecular complexity index is 749. The molecular weight excluding hydrogens is 266 g/mol. The lowest BCUT2D eigenvalue weighted by Gasteiger charge is -2.10. The molecule has 0 aliphatic rings. The molecule has 0 saturated heterocycles. The maximum Gasteiger partial charge on any atom is 0.161 e. The largest absolute Gasteiger partial charge is 0.493 e. The third-order valence-corrected chi connectivity index (χ3v) is 3.43. The maximum atomic E-state index is 5.85. The van der Waals surface area contributed by atoms with Gasteiger partial charge in [-0.25, -0.2) is 0 Å². The molecule has 2 N–H and O–H groups in total. The lowest BCUT2D eigenvalue weighted by molar-refractivity contribution is 0.284. The van der Waals surface area contributed by atoms with Gasteiger partial charge < -0.3 is 19.6 Å². The summed E-state index contributed by atoms with van der Waals surface area (Å²) < 4.78 is 16.7. The Balaban J connectivity index is 1.89. The molecule has 0 amide bonds. The van der Waals surface area contributed by atoms with Crippen LogP contribution < -0.4 is 15.2 Å². The van der Waals surface area contributed by atoms with E-state index in [1.807, 2.05) is 42.5 Å². The summed E-state index contributed by atoms with van der Waals surface area (Å²) in [5.41, 5.74) is 8.66. The summed E-state index contributed by atoms with van der Waals surface area (Å²) >= 11 is 0. The average Bonchev–Trinajstić information content (AvgIpc) is 2.96. The number of fused-ring (bicyclic) bond motifs is 1. The fourth-order valence-corrected chi connectivity index (χ4v) is 2.40. The first-order valence-corrected chi connectivity index (χ1v) is 6.77. The van der Waals surface area contributed by atoms with Crippen molar-refractivity contribution in [1.82, 2.24) is 0 Å². The van der Waals surface area contributed by atoms with E-state index in [4.69, 9.17) is 19.6 Å². The summed E-state index contributed by atoms with van der Waals surface area (Å²) in [6.45, 7) is 0.878. The molecule has 0 bridgehead atoms. The van der Waals surface area contributed by atoms with Crippen LogP contribution in [-0.2, 0) is 13.2 Å². The van der Waals surface area contributed by atoms with Gasteiger partial charge >= 0.3 is 0 Å². The number of methoxy groups -OCH3 is 1. The van der Waals surface area contributed by atoms with Crippen LogP contribution in [0, 0.1) is 0 Å². The van der Waals surface area contributed by atoms with Crippen molar-refractivity contribution >= 4 is 11.0 Å². The van der Waals surface area contributed by atoms with Crippen LogP contribution in [0.4, 0.5) is 0 Å². The van der Waals surface area contributed by atoms with E-state index < -0.39 is 0 Å². The first-order chi connectivity index (χ1) is 10.3. The Kier molecular flexibility index (Phi) is 3.79. The molecule has 4 nitrogen and oxygen atoms in total. The number of ether oxygens (including phenoxy) is 2. The summed E-state index contributed by atoms with van der Waals surface area (Å²) in [6.07, 6.45) is 1.72. The lowest BCUT2D eigenvalue weighted by Crippen LogP contribution is -2.00. The standard InChI is InChI=1S/C17H17NO3/c1-19-14-6-2-3-7-15(14)20-10-13-11-21-16-8-4-5-12(9-18)17(13)16/h2-8,11H,9-10,18H2,1H3. The molecule has 108 valence electrons. The molecule has 4 heteroatoms. The minimum absolute atomic E-state index is 0.407. The molecule has 1 heterocycles. The van der Waals surface area contributed by atoms with Crippen LogP contribution in [0.25, 0.3) is 11.0 Å². The molecule has 0 unspecified atom stereocenters. The minimum atomic E-state index is 0.407. The fourth-order valence-electron chi connectivity index (χ4n) is 2.40. The van der Waals surface area contributed by atoms with Crippen molar-refractivity contribution in [2.75, 3.05) is 7.11 Å². The zero-order valence-electron chi connectivity index (χ0n) is 11.8. The van der Waals surface area contributed by atoms with Gasteiger partial charge in [0, 0.05) is 17.5 Å². The number of para-hydroxylation sites is 2. The second kappa shape index (κ2) is 5.89. The van der Waals surface area contributed by atoms with Crippen molar-refractivity contribution in [1.29, 1.82) is 0 Å². The van der Waals surface area contributed by atoms with Crippen LogP contribution in [0.1, 0.15) is 11.1 Å². The van der Waals surface area contributed by atoms with Crippen LogP contribution >= 0.6 is 0 Å². The van der Waals surface area contributed by atoms with Gasteiger partial charge in [0.05, 0.1) is 13.4 Å². The average molecular weight is 283 g/mol. The van der Waals surface area contributed by atoms with Crippen molar-refractivity contribution in [2.45, 2.75) is 13.2 Å². The molecule has 0 radical (unpaired) electrons. The molecule has 0 fully saturated rings. The highest BCUT2D eigenvalue weighted by Gasteiger charge is 2.11. The highest BCUT2D eigenvalue weighted by Crippen LogP contribution is 2.29. The van der Waals surface area contributed by atoms with E-state index >= 15 is 0 Å². The summed E-state index contributed by atoms with van der Waals surface area (Å²) in [5, 5.41) is 1.04. The van der Waals surface area contributed by atoms with E-state index in [2.05, 4.69) is 0 Å². The quantitative estimate of drug-likeness (QED) is 0.779. The van der Waals surface area contributed by atoms with Crippen LogP contribution in [-0.4, -0.2) is 7.11 Å². The summed E-state index contributed by atoms with van der Waals surface area (Å²) in [5.74, 6) is 1.42. The number of rotatable bonds is 5. The highest BCUT2D eigenvalue weighted by atomic mass is 16.5. The van der Waals surface area contributed by atoms with Crippen molar-refractivity contribution in [3.8, 4) is 11.5 Å². The predicted octanol–water partition coefficient (Wildman–Crippen LogP) is 3.48. The van der Waals surface area contributed by atoms with Crippen LogP contribution in [0.2, 0.25) is 0 Å². The highest BCUT2D eigenvalue weighted by molar-refractivity contribution is 5.84. The molecule has 0 saturated carbocycles. The number of nitrogens with two attached hydrogens (primary N) is 1. The summed E-state index contributed by atoms with van der Waals surface area (Å²) in [4.78, 5) is 0. The molecule has 2 aromatic carbocycles. The van der Waals surface area contributed by atoms with E-state index in [9.17, 15) is 0 Å². The van der Waals surface area contributed by atoms with Gasteiger partial charge in [-0.1, -0.05) is 24.3 Å². The Morgan fingerprint density at radius 2 is 1.81 bits per heavy atom. The number of furan rings is 1. The molecule has 0 spiro atoms. The van der Waals surface area contributed by atoms with Crippen molar-refractivity contribution in [3.05, 3.63) is 59.9 Å². The summed E-state index contributed by atoms with van der Waals surface area (Å²) in [7, 11) is 1.63. The van der Waals surface area contributed by atoms with Crippen molar-refractivity contribution < 1.29 is 13.9 Å². The summed E-state index contributed by atoms with van der Waals surface area (Å²) in [6, 6.07) is 13.5. The first kappa shape index (κ1) is 13.5. The van der Waals surface area contributed by atoms with E-state index in [-0.39, 0.29) is 0 Å². The van der Waals surface area contributed by atoms with Gasteiger partial charge in [0.1, 0.15) is 12.2 Å². The zero-order chi connectivity index (χ0) is 14.7. The van der Waals surface area contributed by atoms with E-state index in [0.29, 0.717) is 24.7 Å². The van der Waals surface area contributed by atoms with Crippen LogP contribution in [0.3, 0.4) is 0 Å². The second-order valence-corrected chi connectivity index (χ2v) is 4.69. The first-order valence-electron chi connectivity index (χ1n) is 6.77. The topological polar surface area (TPSA) is 57.6 Å². The molecule has 21 heavy (non-hydrogen) atoms. The van der Waals surface area contributed by atoms with Gasteiger partial charge in [0.2, 0.25) is 0 Å². The monoisotopic (exact) mass is 283 g/mol. The lowest BCUT2D eigenvalue weighted by atomic mass is 10.1. The van der Waals surface area contributed by atoms with Crippen LogP contribution in [0.15, 0.2) is 53.1 Å². The molecular formula is C17H17NO3. The smallest absolute Gasteiger partial charge is 0.161 e. The fraction of sp³-hybridized carbons (Fsp3) is 0.176. The Hall–Kier alpha value is -2.46. The zero-order valence-corrected chi connectivity index (χ0v) is 11.8. The predicted molar refractivity (Wildman–Crippen MR) is 81.4 cm³/mol. The second-order valence-electron chi connectivity index (χ2n) is 4.69. The molecule has 0 atom stereocenters. The normalized spacial score (nSPS) is 10.8. The van der Waals surface area contributed by atoms with E-state index in [1.165, 1.54) is 0 Å². The third kappa shape index (κ3) is 2.58. The molecule has 0 aliphatic carbocycles. The minimum Gasteiger partial charge on any atom is -0.493 e. The van der Waals surface area contributed by atoms with Gasteiger partial charge in [-0.15, -0.1) is 0 Å². The van der Waals surface area contributed by atoms with Crippen LogP contribution in [0.5, 0.6) is 11.5 Å². The SMILES string of the molecule is COc1ccccc1OCc1coc2cccc(CN)c12. The van der Waals surface area contributed by atoms with E-state index in [0.717, 1.165) is 22.1 Å². The number of hydrogen-bond donors (Lipinski definition) is 1. The Morgan fingerprint density at radius 1 is 1.00 bits per heavy atom. The third-order valence-electron chi connectivity index (χ3n) is 3.43. The van der Waals surface area contributed by atoms with Gasteiger partial charge in [0.25, 0.3) is 0 Å². The van der Waals surface area contributed by atoms with Gasteiger partial charge in [-0.2, -0.15) is 0 Å². The Morgan fingerprint density at radius 3 is 2.57 bits per heavy atom. The Labute approximate surface area is 123 Å². The molecule has 0 aliphatic heterocycles. The van der Waals surface area contributed by atoms with Gasteiger partial charge in [0.15, 0.2) is 11.5 Å². The maximum absolute atomic E-state index is 5.85. The number of hydrogen-bond acceptors (Lipinski definition) is 4. The molecule has 3 rings (SSSR count). The van der Waals surface area contributed by atoms with Gasteiger partial charge in [-0.3, -0.25) is 0 Å². The number of benzene rings is 2. The molecule has 1 aromatic heterocycles. The van der Waals surface area contributed by atoms with Gasteiger partial charge in [-0.05, 0) is 23.8 Å². The van der Waals surface area contributed by atoms with Crippen molar-refractivity contribution in [3.63, 3.8) is 0 Å². The van der Waals surface area contributed by atoms with Crippen molar-refractivity contribution in [2.24, 2.45) is 5.73 Å².